The Morgan fingerprint density at radius 3 is 1.17 bits per heavy atom. The molecule has 0 bridgehead atoms. The molecule has 35 heavy (non-hydrogen) atoms. The average molecular weight is 647 g/mol. The SMILES string of the molecule is C[Si](C)(C)[Si](O[C]([Ge])(c1ccccc1)c1ccccc1)[Si](C)(C)[Si](C)(C)[Si]([Si](C)(C)C)[Si](C)(C)C. The van der Waals surface area contributed by atoms with Crippen molar-refractivity contribution in [2.24, 2.45) is 0 Å². The van der Waals surface area contributed by atoms with E-state index in [9.17, 15) is 0 Å². The number of hydrogen-bond acceptors (Lipinski definition) is 1. The molecule has 9 heteroatoms. The Labute approximate surface area is 233 Å². The van der Waals surface area contributed by atoms with Crippen molar-refractivity contribution in [1.82, 2.24) is 0 Å². The molecule has 0 amide bonds. The van der Waals surface area contributed by atoms with Gasteiger partial charge in [0.05, 0.1) is 0 Å². The molecule has 0 saturated heterocycles. The third kappa shape index (κ3) is 6.92. The third-order valence-corrected chi connectivity index (χ3v) is 125. The average Bonchev–Trinajstić information content (AvgIpc) is 2.69. The molecule has 0 saturated carbocycles. The van der Waals surface area contributed by atoms with Gasteiger partial charge in [0.15, 0.2) is 0 Å². The van der Waals surface area contributed by atoms with Crippen molar-refractivity contribution >= 4 is 68.9 Å². The van der Waals surface area contributed by atoms with Crippen molar-refractivity contribution in [1.29, 1.82) is 0 Å². The van der Waals surface area contributed by atoms with Crippen molar-refractivity contribution in [3.63, 3.8) is 0 Å². The van der Waals surface area contributed by atoms with E-state index in [0.717, 1.165) is 0 Å². The summed E-state index contributed by atoms with van der Waals surface area (Å²) in [5.41, 5.74) is 2.61. The Hall–Kier alpha value is 0.461. The molecule has 1 nitrogen and oxygen atoms in total. The van der Waals surface area contributed by atoms with Crippen LogP contribution in [0.3, 0.4) is 0 Å². The molecule has 0 N–H and O–H groups in total. The molecule has 0 heterocycles. The van der Waals surface area contributed by atoms with E-state index in [0.29, 0.717) is 0 Å². The molecule has 2 aromatic rings. The van der Waals surface area contributed by atoms with Crippen LogP contribution in [-0.2, 0) is 8.86 Å². The molecule has 5 radical (unpaired) electrons. The van der Waals surface area contributed by atoms with Gasteiger partial charge in [-0.2, -0.15) is 0 Å². The van der Waals surface area contributed by atoms with Gasteiger partial charge >= 0.3 is 235 Å². The van der Waals surface area contributed by atoms with Crippen LogP contribution in [0.5, 0.6) is 0 Å². The van der Waals surface area contributed by atoms with Crippen molar-refractivity contribution in [2.45, 2.75) is 89.5 Å². The predicted octanol–water partition coefficient (Wildman–Crippen LogP) is 7.46. The Morgan fingerprint density at radius 2 is 0.886 bits per heavy atom. The molecule has 2 aromatic carbocycles. The molecule has 0 aromatic heterocycles. The van der Waals surface area contributed by atoms with Crippen molar-refractivity contribution in [2.75, 3.05) is 0 Å². The molecule has 0 unspecified atom stereocenters. The van der Waals surface area contributed by atoms with Crippen molar-refractivity contribution < 1.29 is 4.43 Å². The second-order valence-corrected chi connectivity index (χ2v) is 82.0. The van der Waals surface area contributed by atoms with Gasteiger partial charge in [0.1, 0.15) is 0 Å². The van der Waals surface area contributed by atoms with Gasteiger partial charge in [-0.05, 0) is 0 Å². The molecular formula is C26H49GeOSi7. The fourth-order valence-electron chi connectivity index (χ4n) is 6.60. The van der Waals surface area contributed by atoms with E-state index in [4.69, 9.17) is 4.43 Å². The fraction of sp³-hybridized carbons (Fsp3) is 0.538. The van der Waals surface area contributed by atoms with E-state index in [2.05, 4.69) is 162 Å². The van der Waals surface area contributed by atoms with E-state index in [-0.39, 0.29) is 7.35 Å². The third-order valence-electron chi connectivity index (χ3n) is 7.55. The topological polar surface area (TPSA) is 9.23 Å². The first-order valence-corrected chi connectivity index (χ1v) is 39.4. The zero-order chi connectivity index (χ0) is 27.1. The molecule has 0 atom stereocenters. The minimum absolute atomic E-state index is 0.350. The van der Waals surface area contributed by atoms with Crippen LogP contribution in [0.1, 0.15) is 11.1 Å². The molecular weight excluding hydrogens is 597 g/mol. The van der Waals surface area contributed by atoms with Crippen LogP contribution in [0, 0.1) is 0 Å². The molecule has 191 valence electrons. The number of hydrogen-bond donors (Lipinski definition) is 0. The van der Waals surface area contributed by atoms with Gasteiger partial charge in [-0.15, -0.1) is 0 Å². The molecule has 2 rings (SSSR count). The Bertz CT molecular complexity index is 908. The van der Waals surface area contributed by atoms with Crippen molar-refractivity contribution in [3.8, 4) is 0 Å². The summed E-state index contributed by atoms with van der Waals surface area (Å²) >= 11 is 2.37. The number of benzene rings is 2. The number of rotatable bonds is 10. The second kappa shape index (κ2) is 10.9. The maximum absolute atomic E-state index is 7.81. The van der Waals surface area contributed by atoms with Crippen LogP contribution < -0.4 is 0 Å². The summed E-state index contributed by atoms with van der Waals surface area (Å²) in [6, 6.07) is 22.1. The zero-order valence-corrected chi connectivity index (χ0v) is 33.8. The summed E-state index contributed by atoms with van der Waals surface area (Å²) in [6.45, 7) is 35.4. The zero-order valence-electron chi connectivity index (χ0n) is 24.7. The summed E-state index contributed by atoms with van der Waals surface area (Å²) < 4.78 is 7.42. The minimum atomic E-state index is -1.66. The summed E-state index contributed by atoms with van der Waals surface area (Å²) in [5, 5.41) is 0. The first-order chi connectivity index (χ1) is 15.7. The molecule has 0 fully saturated rings. The summed E-state index contributed by atoms with van der Waals surface area (Å²) in [5.74, 6) is 0. The van der Waals surface area contributed by atoms with Gasteiger partial charge in [0, 0.05) is 0 Å². The predicted molar refractivity (Wildman–Crippen MR) is 177 cm³/mol. The Morgan fingerprint density at radius 1 is 0.543 bits per heavy atom. The molecule has 0 aliphatic rings. The van der Waals surface area contributed by atoms with Crippen LogP contribution in [0.25, 0.3) is 0 Å². The van der Waals surface area contributed by atoms with Crippen LogP contribution in [0.4, 0.5) is 0 Å². The van der Waals surface area contributed by atoms with Crippen LogP contribution in [0.15, 0.2) is 60.7 Å². The molecule has 0 spiro atoms. The van der Waals surface area contributed by atoms with Gasteiger partial charge in [0.25, 0.3) is 0 Å². The normalized spacial score (nSPS) is 14.6. The van der Waals surface area contributed by atoms with Gasteiger partial charge < -0.3 is 0 Å². The van der Waals surface area contributed by atoms with Crippen LogP contribution in [-0.4, -0.2) is 68.9 Å². The first kappa shape index (κ1) is 31.7. The Kier molecular flexibility index (Phi) is 9.88. The van der Waals surface area contributed by atoms with Crippen LogP contribution in [0.2, 0.25) is 85.1 Å². The van der Waals surface area contributed by atoms with E-state index >= 15 is 0 Å². The van der Waals surface area contributed by atoms with Gasteiger partial charge in [0.2, 0.25) is 0 Å². The molecule has 0 aliphatic carbocycles. The fourth-order valence-corrected chi connectivity index (χ4v) is 204. The van der Waals surface area contributed by atoms with Gasteiger partial charge in [-0.1, -0.05) is 0 Å². The first-order valence-electron chi connectivity index (χ1n) is 13.0. The maximum atomic E-state index is 7.81. The molecule has 0 aliphatic heterocycles. The summed E-state index contributed by atoms with van der Waals surface area (Å²) in [6.07, 6.45) is 0. The monoisotopic (exact) mass is 647 g/mol. The van der Waals surface area contributed by atoms with Crippen molar-refractivity contribution in [3.05, 3.63) is 71.8 Å². The van der Waals surface area contributed by atoms with E-state index in [1.54, 1.807) is 0 Å². The van der Waals surface area contributed by atoms with Crippen LogP contribution >= 0.6 is 0 Å². The Balaban J connectivity index is 2.74. The second-order valence-electron chi connectivity index (χ2n) is 14.2. The van der Waals surface area contributed by atoms with E-state index in [1.807, 2.05) is 0 Å². The standard InChI is InChI=1S/C26H49GeOSi7/c1-31(2,3)29(34(10,11)35(12,13)30(32(4,5)6)33(7,8)9)28-26(27,24-20-16-14-17-21-24)25-22-18-15-19-23-25/h14-23H,1-13H3. The van der Waals surface area contributed by atoms with Gasteiger partial charge in [-0.25, -0.2) is 0 Å². The summed E-state index contributed by atoms with van der Waals surface area (Å²) in [7, 11) is -8.49. The van der Waals surface area contributed by atoms with E-state index in [1.165, 1.54) is 11.1 Å². The van der Waals surface area contributed by atoms with Gasteiger partial charge in [-0.3, -0.25) is 0 Å². The van der Waals surface area contributed by atoms with E-state index < -0.39 is 49.5 Å². The quantitative estimate of drug-likeness (QED) is 0.244. The summed E-state index contributed by atoms with van der Waals surface area (Å²) in [4.78, 5) is 0.